The lowest BCUT2D eigenvalue weighted by Crippen LogP contribution is -2.39. The van der Waals surface area contributed by atoms with Crippen LogP contribution in [0.5, 0.6) is 0 Å². The molecule has 98 valence electrons. The molecule has 0 saturated heterocycles. The second kappa shape index (κ2) is 4.70. The van der Waals surface area contributed by atoms with Gasteiger partial charge in [0.2, 0.25) is 0 Å². The molecule has 0 radical (unpaired) electrons. The molecule has 1 fully saturated rings. The minimum atomic E-state index is 0.581. The summed E-state index contributed by atoms with van der Waals surface area (Å²) < 4.78 is 0. The number of hydrogen-bond acceptors (Lipinski definition) is 1. The van der Waals surface area contributed by atoms with E-state index in [9.17, 15) is 0 Å². The van der Waals surface area contributed by atoms with Gasteiger partial charge >= 0.3 is 0 Å². The number of benzene rings is 1. The van der Waals surface area contributed by atoms with Crippen LogP contribution in [0.2, 0.25) is 0 Å². The van der Waals surface area contributed by atoms with Gasteiger partial charge < -0.3 is 5.32 Å². The van der Waals surface area contributed by atoms with Crippen LogP contribution in [-0.2, 0) is 0 Å². The first-order chi connectivity index (χ1) is 8.68. The van der Waals surface area contributed by atoms with Gasteiger partial charge in [-0.05, 0) is 48.1 Å². The molecule has 0 heterocycles. The summed E-state index contributed by atoms with van der Waals surface area (Å²) in [5.41, 5.74) is 3.71. The normalized spacial score (nSPS) is 29.4. The van der Waals surface area contributed by atoms with Gasteiger partial charge in [-0.3, -0.25) is 0 Å². The van der Waals surface area contributed by atoms with Crippen molar-refractivity contribution in [3.8, 4) is 0 Å². The molecule has 1 heteroatoms. The van der Waals surface area contributed by atoms with E-state index in [4.69, 9.17) is 0 Å². The topological polar surface area (TPSA) is 12.0 Å². The Morgan fingerprint density at radius 2 is 1.89 bits per heavy atom. The van der Waals surface area contributed by atoms with Crippen molar-refractivity contribution in [2.45, 2.75) is 57.9 Å². The molecule has 1 nitrogen and oxygen atoms in total. The van der Waals surface area contributed by atoms with Gasteiger partial charge in [0.25, 0.3) is 0 Å². The summed E-state index contributed by atoms with van der Waals surface area (Å²) in [6, 6.07) is 9.61. The summed E-state index contributed by atoms with van der Waals surface area (Å²) in [7, 11) is 0. The number of hydrogen-bond donors (Lipinski definition) is 1. The lowest BCUT2D eigenvalue weighted by molar-refractivity contribution is 0.148. The average Bonchev–Trinajstić information content (AvgIpc) is 2.36. The summed E-state index contributed by atoms with van der Waals surface area (Å²) in [6.07, 6.45) is 6.87. The zero-order valence-electron chi connectivity index (χ0n) is 11.7. The van der Waals surface area contributed by atoms with E-state index in [2.05, 4.69) is 43.4 Å². The van der Waals surface area contributed by atoms with Gasteiger partial charge in [0.15, 0.2) is 0 Å². The molecule has 2 atom stereocenters. The van der Waals surface area contributed by atoms with Crippen LogP contribution < -0.4 is 5.32 Å². The van der Waals surface area contributed by atoms with Crippen molar-refractivity contribution >= 4 is 0 Å². The van der Waals surface area contributed by atoms with Gasteiger partial charge in [0, 0.05) is 12.6 Å². The summed E-state index contributed by atoms with van der Waals surface area (Å²) in [5, 5.41) is 3.84. The maximum Gasteiger partial charge on any atom is 0.0323 e. The van der Waals surface area contributed by atoms with E-state index >= 15 is 0 Å². The molecular weight excluding hydrogens is 218 g/mol. The Kier molecular flexibility index (Phi) is 3.19. The molecule has 2 aliphatic carbocycles. The van der Waals surface area contributed by atoms with Crippen LogP contribution in [0.4, 0.5) is 0 Å². The van der Waals surface area contributed by atoms with Crippen LogP contribution in [-0.4, -0.2) is 6.54 Å². The van der Waals surface area contributed by atoms with E-state index in [0.29, 0.717) is 11.5 Å². The van der Waals surface area contributed by atoms with E-state index in [0.717, 1.165) is 5.92 Å². The van der Waals surface area contributed by atoms with Crippen molar-refractivity contribution in [2.24, 2.45) is 5.41 Å². The Labute approximate surface area is 111 Å². The molecule has 0 spiro atoms. The minimum Gasteiger partial charge on any atom is -0.309 e. The summed E-state index contributed by atoms with van der Waals surface area (Å²) in [4.78, 5) is 0. The lowest BCUT2D eigenvalue weighted by atomic mass is 9.70. The highest BCUT2D eigenvalue weighted by Gasteiger charge is 2.33. The fourth-order valence-electron chi connectivity index (χ4n) is 3.54. The second-order valence-electron chi connectivity index (χ2n) is 6.71. The molecule has 1 N–H and O–H groups in total. The number of fused-ring (bicyclic) bond motifs is 1. The molecule has 1 aromatic carbocycles. The minimum absolute atomic E-state index is 0.581. The molecule has 0 aliphatic heterocycles. The molecule has 2 aliphatic rings. The predicted octanol–water partition coefficient (Wildman–Crippen LogP) is 4.40. The average molecular weight is 243 g/mol. The van der Waals surface area contributed by atoms with Gasteiger partial charge in [-0.2, -0.15) is 0 Å². The van der Waals surface area contributed by atoms with Crippen LogP contribution in [0, 0.1) is 5.41 Å². The largest absolute Gasteiger partial charge is 0.309 e. The van der Waals surface area contributed by atoms with E-state index < -0.39 is 0 Å². The van der Waals surface area contributed by atoms with Crippen LogP contribution in [0.1, 0.15) is 69.0 Å². The van der Waals surface area contributed by atoms with Crippen LogP contribution >= 0.6 is 0 Å². The molecule has 3 rings (SSSR count). The van der Waals surface area contributed by atoms with Crippen molar-refractivity contribution in [3.63, 3.8) is 0 Å². The quantitative estimate of drug-likeness (QED) is 0.829. The molecule has 18 heavy (non-hydrogen) atoms. The molecule has 1 aromatic rings. The molecule has 1 saturated carbocycles. The molecule has 0 amide bonds. The van der Waals surface area contributed by atoms with Crippen molar-refractivity contribution in [1.29, 1.82) is 0 Å². The molecule has 2 unspecified atom stereocenters. The van der Waals surface area contributed by atoms with E-state index in [1.807, 2.05) is 0 Å². The van der Waals surface area contributed by atoms with Gasteiger partial charge in [-0.15, -0.1) is 0 Å². The van der Waals surface area contributed by atoms with Crippen molar-refractivity contribution in [3.05, 3.63) is 35.4 Å². The van der Waals surface area contributed by atoms with Crippen molar-refractivity contribution in [1.82, 2.24) is 5.32 Å². The van der Waals surface area contributed by atoms with Crippen LogP contribution in [0.25, 0.3) is 0 Å². The van der Waals surface area contributed by atoms with Gasteiger partial charge in [0.05, 0.1) is 0 Å². The first-order valence-electron chi connectivity index (χ1n) is 7.50. The molecule has 0 aromatic heterocycles. The third kappa shape index (κ3) is 2.21. The standard InChI is InChI=1S/C17H25N/c1-13-8-9-16(15-7-4-3-6-14(13)15)18-12-17(2)10-5-11-17/h3-4,6-7,13,16,18H,5,8-12H2,1-2H3. The highest BCUT2D eigenvalue weighted by Crippen LogP contribution is 2.41. The number of rotatable bonds is 3. The number of nitrogens with one attached hydrogen (secondary N) is 1. The van der Waals surface area contributed by atoms with Crippen LogP contribution in [0.3, 0.4) is 0 Å². The smallest absolute Gasteiger partial charge is 0.0323 e. The highest BCUT2D eigenvalue weighted by atomic mass is 14.9. The molecule has 0 bridgehead atoms. The predicted molar refractivity (Wildman–Crippen MR) is 76.8 cm³/mol. The lowest BCUT2D eigenvalue weighted by Gasteiger charge is -2.41. The van der Waals surface area contributed by atoms with Gasteiger partial charge in [-0.25, -0.2) is 0 Å². The zero-order valence-corrected chi connectivity index (χ0v) is 11.7. The fraction of sp³-hybridized carbons (Fsp3) is 0.647. The first kappa shape index (κ1) is 12.2. The maximum atomic E-state index is 3.84. The molecular formula is C17H25N. The van der Waals surface area contributed by atoms with Crippen LogP contribution in [0.15, 0.2) is 24.3 Å². The monoisotopic (exact) mass is 243 g/mol. The second-order valence-corrected chi connectivity index (χ2v) is 6.71. The first-order valence-corrected chi connectivity index (χ1v) is 7.50. The fourth-order valence-corrected chi connectivity index (χ4v) is 3.54. The zero-order chi connectivity index (χ0) is 12.6. The Bertz CT molecular complexity index is 419. The Hall–Kier alpha value is -0.820. The van der Waals surface area contributed by atoms with E-state index in [1.165, 1.54) is 38.6 Å². The van der Waals surface area contributed by atoms with Gasteiger partial charge in [-0.1, -0.05) is 44.5 Å². The van der Waals surface area contributed by atoms with Crippen molar-refractivity contribution in [2.75, 3.05) is 6.54 Å². The summed E-state index contributed by atoms with van der Waals surface area (Å²) in [6.45, 7) is 5.99. The van der Waals surface area contributed by atoms with E-state index in [-0.39, 0.29) is 0 Å². The third-order valence-corrected chi connectivity index (χ3v) is 5.13. The van der Waals surface area contributed by atoms with Crippen molar-refractivity contribution < 1.29 is 0 Å². The Balaban J connectivity index is 1.72. The third-order valence-electron chi connectivity index (χ3n) is 5.13. The van der Waals surface area contributed by atoms with Gasteiger partial charge in [0.1, 0.15) is 0 Å². The Morgan fingerprint density at radius 3 is 2.56 bits per heavy atom. The highest BCUT2D eigenvalue weighted by molar-refractivity contribution is 5.34. The summed E-state index contributed by atoms with van der Waals surface area (Å²) >= 11 is 0. The Morgan fingerprint density at radius 1 is 1.17 bits per heavy atom. The van der Waals surface area contributed by atoms with E-state index in [1.54, 1.807) is 11.1 Å². The summed E-state index contributed by atoms with van der Waals surface area (Å²) in [5.74, 6) is 0.735. The maximum absolute atomic E-state index is 3.84. The SMILES string of the molecule is CC1CCC(NCC2(C)CCC2)c2ccccc21.